The zero-order chi connectivity index (χ0) is 11.2. The Bertz CT molecular complexity index is 118. The molecule has 0 aromatic heterocycles. The van der Waals surface area contributed by atoms with Crippen LogP contribution in [0.4, 0.5) is 4.53 Å². The minimum Gasteiger partial charge on any atom is -0.397 e. The number of rotatable bonds is 6. The zero-order valence-corrected chi connectivity index (χ0v) is 9.09. The van der Waals surface area contributed by atoms with Crippen molar-refractivity contribution in [3.63, 3.8) is 0 Å². The summed E-state index contributed by atoms with van der Waals surface area (Å²) in [5.74, 6) is -0.749. The minimum absolute atomic E-state index is 0.209. The summed E-state index contributed by atoms with van der Waals surface area (Å²) in [6.45, 7) is 4.05. The van der Waals surface area contributed by atoms with Crippen LogP contribution in [-0.2, 0) is 9.74 Å². The first-order valence-corrected chi connectivity index (χ1v) is 5.15. The van der Waals surface area contributed by atoms with E-state index in [0.717, 1.165) is 19.3 Å². The van der Waals surface area contributed by atoms with Crippen molar-refractivity contribution in [1.82, 2.24) is 0 Å². The number of hydrogen-bond acceptors (Lipinski definition) is 3. The molecule has 0 spiro atoms. The molecule has 1 N–H and O–H groups in total. The van der Waals surface area contributed by atoms with Crippen molar-refractivity contribution in [1.29, 1.82) is 0 Å². The molecule has 0 amide bonds. The average Bonchev–Trinajstić information content (AvgIpc) is 2.18. The standard InChI is InChI=1S/C8H15FO2.C2H6O/c1-2-3-4-5-6-7-8(10)11-9;1-2-3/h2-7H2,1H3;3H,2H2,1H3. The number of carbonyl (C=O) groups is 1. The lowest BCUT2D eigenvalue weighted by molar-refractivity contribution is -0.183. The molecule has 0 fully saturated rings. The van der Waals surface area contributed by atoms with Gasteiger partial charge in [-0.25, -0.2) is 4.79 Å². The molecule has 0 aliphatic rings. The first-order chi connectivity index (χ1) is 6.72. The van der Waals surface area contributed by atoms with Crippen molar-refractivity contribution in [2.75, 3.05) is 6.61 Å². The number of halogens is 1. The third kappa shape index (κ3) is 17.4. The topological polar surface area (TPSA) is 46.5 Å². The average molecular weight is 208 g/mol. The van der Waals surface area contributed by atoms with Crippen molar-refractivity contribution >= 4 is 5.97 Å². The molecule has 0 atom stereocenters. The first kappa shape index (κ1) is 15.8. The van der Waals surface area contributed by atoms with Crippen molar-refractivity contribution in [3.05, 3.63) is 0 Å². The Hall–Kier alpha value is -0.640. The fourth-order valence-electron chi connectivity index (χ4n) is 0.911. The van der Waals surface area contributed by atoms with Crippen LogP contribution in [0, 0.1) is 0 Å². The summed E-state index contributed by atoms with van der Waals surface area (Å²) in [5.41, 5.74) is 0. The Morgan fingerprint density at radius 1 is 1.21 bits per heavy atom. The summed E-state index contributed by atoms with van der Waals surface area (Å²) in [6.07, 6.45) is 5.42. The van der Waals surface area contributed by atoms with Gasteiger partial charge in [-0.2, -0.15) is 0 Å². The number of aliphatic hydroxyl groups is 1. The van der Waals surface area contributed by atoms with Crippen LogP contribution in [0.15, 0.2) is 0 Å². The van der Waals surface area contributed by atoms with Crippen molar-refractivity contribution in [2.45, 2.75) is 52.4 Å². The van der Waals surface area contributed by atoms with E-state index in [1.165, 1.54) is 12.8 Å². The van der Waals surface area contributed by atoms with Crippen LogP contribution in [-0.4, -0.2) is 17.7 Å². The Morgan fingerprint density at radius 2 is 1.71 bits per heavy atom. The van der Waals surface area contributed by atoms with E-state index in [9.17, 15) is 9.32 Å². The molecular formula is C10H21FO3. The number of aliphatic hydroxyl groups excluding tert-OH is 1. The predicted molar refractivity (Wildman–Crippen MR) is 53.3 cm³/mol. The molecule has 0 aromatic rings. The van der Waals surface area contributed by atoms with E-state index in [2.05, 4.69) is 11.9 Å². The Balaban J connectivity index is 0. The molecule has 0 unspecified atom stereocenters. The van der Waals surface area contributed by atoms with E-state index < -0.39 is 5.97 Å². The van der Waals surface area contributed by atoms with Crippen LogP contribution in [0.5, 0.6) is 0 Å². The predicted octanol–water partition coefficient (Wildman–Crippen LogP) is 2.77. The highest BCUT2D eigenvalue weighted by molar-refractivity contribution is 5.68. The smallest absolute Gasteiger partial charge is 0.348 e. The summed E-state index contributed by atoms with van der Waals surface area (Å²) in [6, 6.07) is 0. The molecule has 0 aliphatic heterocycles. The SMILES string of the molecule is CCCCCCCC(=O)OF.CCO. The van der Waals surface area contributed by atoms with Crippen molar-refractivity contribution in [3.8, 4) is 0 Å². The molecule has 0 radical (unpaired) electrons. The van der Waals surface area contributed by atoms with E-state index in [1.807, 2.05) is 0 Å². The molecule has 86 valence electrons. The molecule has 3 nitrogen and oxygen atoms in total. The Morgan fingerprint density at radius 3 is 2.14 bits per heavy atom. The summed E-state index contributed by atoms with van der Waals surface area (Å²) in [7, 11) is 0. The van der Waals surface area contributed by atoms with Crippen molar-refractivity contribution < 1.29 is 19.4 Å². The van der Waals surface area contributed by atoms with E-state index >= 15 is 0 Å². The third-order valence-corrected chi connectivity index (χ3v) is 1.57. The highest BCUT2D eigenvalue weighted by Crippen LogP contribution is 2.05. The molecule has 0 aromatic carbocycles. The normalized spacial score (nSPS) is 8.86. The van der Waals surface area contributed by atoms with Gasteiger partial charge in [0.2, 0.25) is 0 Å². The van der Waals surface area contributed by atoms with E-state index in [1.54, 1.807) is 6.92 Å². The van der Waals surface area contributed by atoms with Gasteiger partial charge >= 0.3 is 5.97 Å². The number of unbranched alkanes of at least 4 members (excludes halogenated alkanes) is 4. The maximum Gasteiger partial charge on any atom is 0.348 e. The molecule has 0 saturated carbocycles. The van der Waals surface area contributed by atoms with Crippen LogP contribution in [0.2, 0.25) is 0 Å². The minimum atomic E-state index is -0.749. The molecule has 0 rings (SSSR count). The lowest BCUT2D eigenvalue weighted by Gasteiger charge is -1.96. The fourth-order valence-corrected chi connectivity index (χ4v) is 0.911. The summed E-state index contributed by atoms with van der Waals surface area (Å²) >= 11 is 0. The number of hydrogen-bond donors (Lipinski definition) is 1. The van der Waals surface area contributed by atoms with Gasteiger partial charge in [0, 0.05) is 17.6 Å². The van der Waals surface area contributed by atoms with Gasteiger partial charge < -0.3 is 5.11 Å². The third-order valence-electron chi connectivity index (χ3n) is 1.57. The summed E-state index contributed by atoms with van der Waals surface area (Å²) in [5, 5.41) is 7.57. The van der Waals surface area contributed by atoms with Gasteiger partial charge in [-0.05, 0) is 13.3 Å². The van der Waals surface area contributed by atoms with Crippen LogP contribution in [0.25, 0.3) is 0 Å². The second-order valence-electron chi connectivity index (χ2n) is 2.93. The van der Waals surface area contributed by atoms with Gasteiger partial charge in [-0.3, -0.25) is 4.94 Å². The van der Waals surface area contributed by atoms with Gasteiger partial charge in [0.15, 0.2) is 0 Å². The van der Waals surface area contributed by atoms with Crippen molar-refractivity contribution in [2.24, 2.45) is 0 Å². The molecule has 0 saturated heterocycles. The second-order valence-corrected chi connectivity index (χ2v) is 2.93. The lowest BCUT2D eigenvalue weighted by Crippen LogP contribution is -1.96. The van der Waals surface area contributed by atoms with Crippen LogP contribution < -0.4 is 0 Å². The Labute approximate surface area is 85.2 Å². The molecule has 14 heavy (non-hydrogen) atoms. The molecule has 0 heterocycles. The highest BCUT2D eigenvalue weighted by Gasteiger charge is 2.00. The first-order valence-electron chi connectivity index (χ1n) is 5.15. The van der Waals surface area contributed by atoms with E-state index in [0.29, 0.717) is 0 Å². The van der Waals surface area contributed by atoms with Crippen LogP contribution >= 0.6 is 0 Å². The van der Waals surface area contributed by atoms with E-state index in [4.69, 9.17) is 5.11 Å². The fraction of sp³-hybridized carbons (Fsp3) is 0.900. The maximum absolute atomic E-state index is 11.1. The van der Waals surface area contributed by atoms with Crippen LogP contribution in [0.3, 0.4) is 0 Å². The lowest BCUT2D eigenvalue weighted by atomic mass is 10.1. The number of carbonyl (C=O) groups excluding carboxylic acids is 1. The second kappa shape index (κ2) is 14.9. The largest absolute Gasteiger partial charge is 0.397 e. The van der Waals surface area contributed by atoms with E-state index in [-0.39, 0.29) is 13.0 Å². The van der Waals surface area contributed by atoms with Gasteiger partial charge in [-0.15, -0.1) is 0 Å². The quantitative estimate of drug-likeness (QED) is 0.683. The summed E-state index contributed by atoms with van der Waals surface area (Å²) < 4.78 is 11.1. The maximum atomic E-state index is 11.1. The van der Waals surface area contributed by atoms with Gasteiger partial charge in [-0.1, -0.05) is 32.6 Å². The molecule has 4 heteroatoms. The Kier molecular flexibility index (Phi) is 16.8. The van der Waals surface area contributed by atoms with Gasteiger partial charge in [0.25, 0.3) is 0 Å². The molecule has 0 aliphatic carbocycles. The zero-order valence-electron chi connectivity index (χ0n) is 9.09. The van der Waals surface area contributed by atoms with Gasteiger partial charge in [0.1, 0.15) is 0 Å². The highest BCUT2D eigenvalue weighted by atomic mass is 19.3. The monoisotopic (exact) mass is 208 g/mol. The molecular weight excluding hydrogens is 187 g/mol. The molecule has 0 bridgehead atoms. The van der Waals surface area contributed by atoms with Crippen LogP contribution in [0.1, 0.15) is 52.4 Å². The van der Waals surface area contributed by atoms with Gasteiger partial charge in [0.05, 0.1) is 0 Å². The summed E-state index contributed by atoms with van der Waals surface area (Å²) in [4.78, 5) is 13.3.